The van der Waals surface area contributed by atoms with Gasteiger partial charge >= 0.3 is 6.03 Å². The largest absolute Gasteiger partial charge is 0.495 e. The van der Waals surface area contributed by atoms with E-state index >= 15 is 0 Å². The van der Waals surface area contributed by atoms with Crippen LogP contribution in [-0.2, 0) is 0 Å². The van der Waals surface area contributed by atoms with E-state index in [0.29, 0.717) is 30.6 Å². The molecule has 0 radical (unpaired) electrons. The Morgan fingerprint density at radius 1 is 1.27 bits per heavy atom. The molecule has 174 valence electrons. The predicted octanol–water partition coefficient (Wildman–Crippen LogP) is 4.64. The smallest absolute Gasteiger partial charge is 0.322 e. The molecule has 8 nitrogen and oxygen atoms in total. The Balaban J connectivity index is 1.42. The van der Waals surface area contributed by atoms with Crippen LogP contribution in [0.2, 0.25) is 0 Å². The van der Waals surface area contributed by atoms with Crippen LogP contribution in [-0.4, -0.2) is 53.5 Å². The average molecular weight is 449 g/mol. The number of carbonyl (C=O) groups excluding carboxylic acids is 1. The van der Waals surface area contributed by atoms with Crippen molar-refractivity contribution in [3.63, 3.8) is 0 Å². The predicted molar refractivity (Wildman–Crippen MR) is 131 cm³/mol. The van der Waals surface area contributed by atoms with E-state index < -0.39 is 5.54 Å². The van der Waals surface area contributed by atoms with Crippen LogP contribution in [0.25, 0.3) is 0 Å². The number of hydrogen-bond donors (Lipinski definition) is 3. The standard InChI is InChI=1S/C25H32N6O2/c1-17-10-11-21(33-2)20(15-17)28-24(32)31-14-6-12-25(16-31)23(27-18-7-3-4-8-18)29-22-19(30-25)9-5-13-26-22/h5,9-11,13,15,18,30H,3-4,6-8,12,14,16H2,1-2H3,(H,28,32)(H,26,27,29). The first-order valence-corrected chi connectivity index (χ1v) is 11.9. The van der Waals surface area contributed by atoms with Gasteiger partial charge in [0.1, 0.15) is 17.1 Å². The third kappa shape index (κ3) is 4.34. The minimum Gasteiger partial charge on any atom is -0.495 e. The molecule has 1 unspecified atom stereocenters. The number of ether oxygens (including phenoxy) is 1. The maximum Gasteiger partial charge on any atom is 0.322 e. The number of aryl methyl sites for hydroxylation is 1. The molecule has 1 saturated carbocycles. The van der Waals surface area contributed by atoms with Crippen LogP contribution < -0.4 is 20.7 Å². The number of aromatic nitrogens is 1. The molecule has 1 saturated heterocycles. The van der Waals surface area contributed by atoms with Gasteiger partial charge in [-0.2, -0.15) is 0 Å². The summed E-state index contributed by atoms with van der Waals surface area (Å²) in [5, 5.41) is 10.3. The lowest BCUT2D eigenvalue weighted by atomic mass is 9.85. The summed E-state index contributed by atoms with van der Waals surface area (Å²) >= 11 is 0. The van der Waals surface area contributed by atoms with Gasteiger partial charge in [-0.05, 0) is 62.4 Å². The van der Waals surface area contributed by atoms with Gasteiger partial charge in [-0.3, -0.25) is 4.99 Å². The maximum atomic E-state index is 13.3. The molecule has 2 aliphatic heterocycles. The Bertz CT molecular complexity index is 1060. The summed E-state index contributed by atoms with van der Waals surface area (Å²) in [5.41, 5.74) is 2.25. The number of urea groups is 1. The first kappa shape index (κ1) is 21.6. The van der Waals surface area contributed by atoms with Gasteiger partial charge in [0.25, 0.3) is 0 Å². The minimum absolute atomic E-state index is 0.128. The molecular formula is C25H32N6O2. The fraction of sp³-hybridized carbons (Fsp3) is 0.480. The first-order valence-electron chi connectivity index (χ1n) is 11.9. The fourth-order valence-electron chi connectivity index (χ4n) is 5.16. The van der Waals surface area contributed by atoms with E-state index in [2.05, 4.69) is 20.9 Å². The van der Waals surface area contributed by atoms with Crippen molar-refractivity contribution in [1.29, 1.82) is 0 Å². The van der Waals surface area contributed by atoms with Gasteiger partial charge in [-0.1, -0.05) is 18.9 Å². The fourth-order valence-corrected chi connectivity index (χ4v) is 5.16. The van der Waals surface area contributed by atoms with E-state index in [1.165, 1.54) is 12.8 Å². The van der Waals surface area contributed by atoms with Crippen LogP contribution in [0.5, 0.6) is 5.75 Å². The topological polar surface area (TPSA) is 90.9 Å². The number of amidine groups is 1. The van der Waals surface area contributed by atoms with Gasteiger partial charge in [0.15, 0.2) is 5.82 Å². The van der Waals surface area contributed by atoms with Gasteiger partial charge in [-0.25, -0.2) is 9.78 Å². The van der Waals surface area contributed by atoms with Gasteiger partial charge < -0.3 is 25.6 Å². The van der Waals surface area contributed by atoms with Gasteiger partial charge in [0, 0.05) is 12.7 Å². The molecule has 33 heavy (non-hydrogen) atoms. The van der Waals surface area contributed by atoms with Crippen molar-refractivity contribution in [3.05, 3.63) is 42.1 Å². The number of carbonyl (C=O) groups is 1. The molecule has 1 aromatic carbocycles. The molecule has 1 atom stereocenters. The molecule has 1 aliphatic carbocycles. The Labute approximate surface area is 194 Å². The van der Waals surface area contributed by atoms with Crippen molar-refractivity contribution in [2.45, 2.75) is 57.0 Å². The Morgan fingerprint density at radius 3 is 2.94 bits per heavy atom. The number of hydrogen-bond acceptors (Lipinski definition) is 5. The summed E-state index contributed by atoms with van der Waals surface area (Å²) in [5.74, 6) is 2.36. The van der Waals surface area contributed by atoms with E-state index in [1.807, 2.05) is 42.2 Å². The second kappa shape index (κ2) is 8.92. The lowest BCUT2D eigenvalue weighted by Crippen LogP contribution is -2.63. The van der Waals surface area contributed by atoms with Crippen LogP contribution in [0.4, 0.5) is 22.0 Å². The normalized spacial score (nSPS) is 23.7. The molecular weight excluding hydrogens is 416 g/mol. The third-order valence-electron chi connectivity index (χ3n) is 6.88. The highest BCUT2D eigenvalue weighted by molar-refractivity contribution is 6.09. The van der Waals surface area contributed by atoms with Crippen molar-refractivity contribution >= 4 is 29.1 Å². The summed E-state index contributed by atoms with van der Waals surface area (Å²) in [6.45, 7) is 3.22. The molecule has 8 heteroatoms. The van der Waals surface area contributed by atoms with Crippen molar-refractivity contribution in [2.75, 3.05) is 36.1 Å². The van der Waals surface area contributed by atoms with Crippen molar-refractivity contribution < 1.29 is 9.53 Å². The number of rotatable bonds is 3. The van der Waals surface area contributed by atoms with Gasteiger partial charge in [0.2, 0.25) is 0 Å². The van der Waals surface area contributed by atoms with Crippen LogP contribution in [0.15, 0.2) is 41.5 Å². The van der Waals surface area contributed by atoms with Gasteiger partial charge in [0.05, 0.1) is 31.1 Å². The van der Waals surface area contributed by atoms with Crippen LogP contribution >= 0.6 is 0 Å². The number of methoxy groups -OCH3 is 1. The van der Waals surface area contributed by atoms with Crippen molar-refractivity contribution in [3.8, 4) is 5.75 Å². The molecule has 3 heterocycles. The molecule has 5 rings (SSSR count). The number of nitrogens with zero attached hydrogens (tertiary/aromatic N) is 3. The number of likely N-dealkylation sites (tertiary alicyclic amines) is 1. The molecule has 2 fully saturated rings. The molecule has 2 amide bonds. The second-order valence-electron chi connectivity index (χ2n) is 9.31. The summed E-state index contributed by atoms with van der Waals surface area (Å²) in [4.78, 5) is 24.9. The summed E-state index contributed by atoms with van der Waals surface area (Å²) in [6, 6.07) is 9.95. The number of piperidine rings is 1. The van der Waals surface area contributed by atoms with Crippen LogP contribution in [0.3, 0.4) is 0 Å². The van der Waals surface area contributed by atoms with Gasteiger partial charge in [-0.15, -0.1) is 0 Å². The lowest BCUT2D eigenvalue weighted by Gasteiger charge is -2.47. The van der Waals surface area contributed by atoms with Crippen molar-refractivity contribution in [2.24, 2.45) is 4.99 Å². The molecule has 1 spiro atoms. The van der Waals surface area contributed by atoms with E-state index in [0.717, 1.165) is 48.6 Å². The highest BCUT2D eigenvalue weighted by Crippen LogP contribution is 2.36. The molecule has 0 bridgehead atoms. The molecule has 2 aromatic rings. The Morgan fingerprint density at radius 2 is 2.12 bits per heavy atom. The number of pyridine rings is 1. The number of fused-ring (bicyclic) bond motifs is 1. The third-order valence-corrected chi connectivity index (χ3v) is 6.88. The molecule has 1 aromatic heterocycles. The van der Waals surface area contributed by atoms with E-state index in [9.17, 15) is 4.79 Å². The summed E-state index contributed by atoms with van der Waals surface area (Å²) < 4.78 is 5.45. The van der Waals surface area contributed by atoms with E-state index in [4.69, 9.17) is 9.73 Å². The Kier molecular flexibility index (Phi) is 5.83. The van der Waals surface area contributed by atoms with E-state index in [-0.39, 0.29) is 6.03 Å². The van der Waals surface area contributed by atoms with Crippen LogP contribution in [0.1, 0.15) is 44.1 Å². The quantitative estimate of drug-likeness (QED) is 0.636. The van der Waals surface area contributed by atoms with Crippen LogP contribution in [0, 0.1) is 6.92 Å². The Hall–Kier alpha value is -3.29. The maximum absolute atomic E-state index is 13.3. The number of amides is 2. The minimum atomic E-state index is -0.453. The number of anilines is 3. The summed E-state index contributed by atoms with van der Waals surface area (Å²) in [7, 11) is 1.62. The highest BCUT2D eigenvalue weighted by Gasteiger charge is 2.45. The number of nitrogens with one attached hydrogen (secondary N) is 3. The highest BCUT2D eigenvalue weighted by atomic mass is 16.5. The number of benzene rings is 1. The second-order valence-corrected chi connectivity index (χ2v) is 9.31. The monoisotopic (exact) mass is 448 g/mol. The zero-order chi connectivity index (χ0) is 22.8. The average Bonchev–Trinajstić information content (AvgIpc) is 3.33. The first-order chi connectivity index (χ1) is 16.1. The molecule has 3 aliphatic rings. The molecule has 3 N–H and O–H groups in total. The van der Waals surface area contributed by atoms with E-state index in [1.54, 1.807) is 13.3 Å². The zero-order valence-corrected chi connectivity index (χ0v) is 19.4. The summed E-state index contributed by atoms with van der Waals surface area (Å²) in [6.07, 6.45) is 8.26. The SMILES string of the molecule is COc1ccc(C)cc1NC(=O)N1CCCC2(C1)Nc1cccnc1NC2=NC1CCCC1. The van der Waals surface area contributed by atoms with Crippen molar-refractivity contribution in [1.82, 2.24) is 9.88 Å². The lowest BCUT2D eigenvalue weighted by molar-refractivity contribution is 0.186. The zero-order valence-electron chi connectivity index (χ0n) is 19.4. The number of aliphatic imine (C=N–C) groups is 1.